The number of halogens is 4. The van der Waals surface area contributed by atoms with Crippen molar-refractivity contribution in [3.05, 3.63) is 70.8 Å². The van der Waals surface area contributed by atoms with E-state index in [0.717, 1.165) is 12.1 Å². The van der Waals surface area contributed by atoms with Gasteiger partial charge in [-0.15, -0.1) is 13.2 Å². The van der Waals surface area contributed by atoms with E-state index in [0.29, 0.717) is 22.5 Å². The number of rotatable bonds is 3. The van der Waals surface area contributed by atoms with Crippen LogP contribution in [-0.2, 0) is 6.42 Å². The number of carbonyl (C=O) groups is 1. The first-order valence-corrected chi connectivity index (χ1v) is 9.21. The molecule has 1 unspecified atom stereocenters. The fourth-order valence-corrected chi connectivity index (χ4v) is 3.73. The van der Waals surface area contributed by atoms with Gasteiger partial charge in [-0.25, -0.2) is 14.4 Å². The maximum absolute atomic E-state index is 14.1. The molecule has 0 aliphatic carbocycles. The average Bonchev–Trinajstić information content (AvgIpc) is 2.66. The summed E-state index contributed by atoms with van der Waals surface area (Å²) in [6, 6.07) is 8.45. The molecule has 0 saturated carbocycles. The number of nitrogen functional groups attached to an aromatic ring is 1. The number of fused-ring (bicyclic) bond motifs is 1. The average molecular weight is 432 g/mol. The van der Waals surface area contributed by atoms with Crippen LogP contribution in [0.4, 0.5) is 23.5 Å². The van der Waals surface area contributed by atoms with Gasteiger partial charge in [-0.05, 0) is 36.2 Å². The van der Waals surface area contributed by atoms with Gasteiger partial charge in [0.1, 0.15) is 11.6 Å². The second-order valence-electron chi connectivity index (χ2n) is 6.99. The SMILES string of the molecule is Cc1nc(N)nc2c1C(=O)NC(c1ccc(F)cc1-c1ccccc1OC(F)(F)F)C2. The summed E-state index contributed by atoms with van der Waals surface area (Å²) in [5.41, 5.74) is 7.44. The van der Waals surface area contributed by atoms with E-state index in [9.17, 15) is 22.4 Å². The van der Waals surface area contributed by atoms with E-state index >= 15 is 0 Å². The summed E-state index contributed by atoms with van der Waals surface area (Å²) in [4.78, 5) is 20.8. The second kappa shape index (κ2) is 7.53. The van der Waals surface area contributed by atoms with Crippen LogP contribution in [0.15, 0.2) is 42.5 Å². The number of aromatic nitrogens is 2. The molecule has 3 aromatic rings. The Morgan fingerprint density at radius 1 is 1.13 bits per heavy atom. The highest BCUT2D eigenvalue weighted by Crippen LogP contribution is 2.39. The lowest BCUT2D eigenvalue weighted by molar-refractivity contribution is -0.274. The number of anilines is 1. The summed E-state index contributed by atoms with van der Waals surface area (Å²) in [5.74, 6) is -1.57. The van der Waals surface area contributed by atoms with Crippen LogP contribution in [0, 0.1) is 12.7 Å². The van der Waals surface area contributed by atoms with Gasteiger partial charge in [0.05, 0.1) is 23.0 Å². The molecule has 2 aromatic carbocycles. The number of ether oxygens (including phenoxy) is 1. The van der Waals surface area contributed by atoms with Crippen molar-refractivity contribution in [3.63, 3.8) is 0 Å². The van der Waals surface area contributed by atoms with Gasteiger partial charge < -0.3 is 15.8 Å². The molecule has 0 fully saturated rings. The van der Waals surface area contributed by atoms with E-state index in [1.807, 2.05) is 0 Å². The number of benzene rings is 2. The minimum Gasteiger partial charge on any atom is -0.405 e. The van der Waals surface area contributed by atoms with Gasteiger partial charge >= 0.3 is 6.36 Å². The predicted molar refractivity (Wildman–Crippen MR) is 104 cm³/mol. The lowest BCUT2D eigenvalue weighted by Gasteiger charge is -2.28. The van der Waals surface area contributed by atoms with Gasteiger partial charge in [-0.2, -0.15) is 0 Å². The number of amides is 1. The first-order chi connectivity index (χ1) is 14.6. The van der Waals surface area contributed by atoms with E-state index in [2.05, 4.69) is 20.0 Å². The Balaban J connectivity index is 1.82. The topological polar surface area (TPSA) is 90.1 Å². The van der Waals surface area contributed by atoms with Crippen molar-refractivity contribution in [2.45, 2.75) is 25.7 Å². The maximum Gasteiger partial charge on any atom is 0.573 e. The molecule has 2 heterocycles. The second-order valence-corrected chi connectivity index (χ2v) is 6.99. The van der Waals surface area contributed by atoms with Crippen LogP contribution in [0.25, 0.3) is 11.1 Å². The van der Waals surface area contributed by atoms with Crippen LogP contribution in [0.3, 0.4) is 0 Å². The van der Waals surface area contributed by atoms with Crippen molar-refractivity contribution in [1.29, 1.82) is 0 Å². The molecule has 6 nitrogen and oxygen atoms in total. The third-order valence-corrected chi connectivity index (χ3v) is 4.91. The molecule has 0 saturated heterocycles. The molecular weight excluding hydrogens is 416 g/mol. The van der Waals surface area contributed by atoms with Gasteiger partial charge in [0.15, 0.2) is 0 Å². The largest absolute Gasteiger partial charge is 0.573 e. The number of nitrogens with zero attached hydrogens (tertiary/aromatic N) is 2. The third-order valence-electron chi connectivity index (χ3n) is 4.91. The van der Waals surface area contributed by atoms with Crippen LogP contribution in [0.5, 0.6) is 5.75 Å². The molecule has 1 aromatic heterocycles. The number of carbonyl (C=O) groups excluding carboxylic acids is 1. The van der Waals surface area contributed by atoms with Crippen molar-refractivity contribution in [2.75, 3.05) is 5.73 Å². The Hall–Kier alpha value is -3.69. The summed E-state index contributed by atoms with van der Waals surface area (Å²) in [6.07, 6.45) is -4.72. The number of nitrogens with one attached hydrogen (secondary N) is 1. The molecule has 0 radical (unpaired) electrons. The number of para-hydroxylation sites is 1. The summed E-state index contributed by atoms with van der Waals surface area (Å²) in [6.45, 7) is 1.63. The van der Waals surface area contributed by atoms with Gasteiger partial charge in [0.2, 0.25) is 5.95 Å². The lowest BCUT2D eigenvalue weighted by atomic mass is 9.88. The first-order valence-electron chi connectivity index (χ1n) is 9.21. The minimum atomic E-state index is -4.92. The molecular formula is C21H16F4N4O2. The smallest absolute Gasteiger partial charge is 0.405 e. The fourth-order valence-electron chi connectivity index (χ4n) is 3.73. The number of alkyl halides is 3. The highest BCUT2D eigenvalue weighted by Gasteiger charge is 2.34. The summed E-state index contributed by atoms with van der Waals surface area (Å²) in [7, 11) is 0. The zero-order chi connectivity index (χ0) is 22.3. The number of aryl methyl sites for hydroxylation is 1. The van der Waals surface area contributed by atoms with E-state index in [-0.39, 0.29) is 23.5 Å². The Bertz CT molecular complexity index is 1180. The third kappa shape index (κ3) is 4.14. The zero-order valence-corrected chi connectivity index (χ0v) is 16.1. The highest BCUT2D eigenvalue weighted by atomic mass is 19.4. The monoisotopic (exact) mass is 432 g/mol. The van der Waals surface area contributed by atoms with Crippen molar-refractivity contribution in [2.24, 2.45) is 0 Å². The van der Waals surface area contributed by atoms with Gasteiger partial charge in [0.25, 0.3) is 5.91 Å². The summed E-state index contributed by atoms with van der Waals surface area (Å²) >= 11 is 0. The Kier molecular flexibility index (Phi) is 5.00. The zero-order valence-electron chi connectivity index (χ0n) is 16.1. The van der Waals surface area contributed by atoms with E-state index < -0.39 is 29.9 Å². The number of nitrogens with two attached hydrogens (primary N) is 1. The van der Waals surface area contributed by atoms with Crippen molar-refractivity contribution >= 4 is 11.9 Å². The molecule has 31 heavy (non-hydrogen) atoms. The molecule has 1 aliphatic rings. The van der Waals surface area contributed by atoms with Crippen molar-refractivity contribution in [1.82, 2.24) is 15.3 Å². The van der Waals surface area contributed by atoms with Gasteiger partial charge in [-0.1, -0.05) is 24.3 Å². The molecule has 10 heteroatoms. The summed E-state index contributed by atoms with van der Waals surface area (Å²) in [5, 5.41) is 2.80. The van der Waals surface area contributed by atoms with Crippen molar-refractivity contribution in [3.8, 4) is 16.9 Å². The molecule has 3 N–H and O–H groups in total. The quantitative estimate of drug-likeness (QED) is 0.609. The number of hydrogen-bond acceptors (Lipinski definition) is 5. The predicted octanol–water partition coefficient (Wildman–Crippen LogP) is 4.10. The minimum absolute atomic E-state index is 0.00736. The Morgan fingerprint density at radius 3 is 2.61 bits per heavy atom. The van der Waals surface area contributed by atoms with Crippen LogP contribution >= 0.6 is 0 Å². The molecule has 1 atom stereocenters. The fraction of sp³-hybridized carbons (Fsp3) is 0.190. The highest BCUT2D eigenvalue weighted by molar-refractivity contribution is 5.98. The summed E-state index contributed by atoms with van der Waals surface area (Å²) < 4.78 is 56.9. The van der Waals surface area contributed by atoms with Crippen LogP contribution in [-0.4, -0.2) is 22.2 Å². The Morgan fingerprint density at radius 2 is 1.87 bits per heavy atom. The standard InChI is InChI=1S/C21H16F4N4O2/c1-10-18-16(29-20(26)27-10)9-15(28-19(18)30)12-7-6-11(22)8-14(12)13-4-2-3-5-17(13)31-21(23,24)25/h2-8,15H,9H2,1H3,(H,28,30)(H2,26,27,29). The molecule has 1 aliphatic heterocycles. The lowest BCUT2D eigenvalue weighted by Crippen LogP contribution is -2.37. The normalized spacial score (nSPS) is 15.9. The Labute approximate surface area is 174 Å². The molecule has 0 spiro atoms. The molecule has 0 bridgehead atoms. The maximum atomic E-state index is 14.1. The van der Waals surface area contributed by atoms with Crippen molar-refractivity contribution < 1.29 is 27.1 Å². The molecule has 4 rings (SSSR count). The molecule has 1 amide bonds. The van der Waals surface area contributed by atoms with Gasteiger partial charge in [-0.3, -0.25) is 4.79 Å². The number of hydrogen-bond donors (Lipinski definition) is 2. The molecule has 160 valence electrons. The first kappa shape index (κ1) is 20.6. The van der Waals surface area contributed by atoms with Crippen LogP contribution in [0.1, 0.15) is 33.4 Å². The van der Waals surface area contributed by atoms with Gasteiger partial charge in [0, 0.05) is 12.0 Å². The van der Waals surface area contributed by atoms with Crippen LogP contribution < -0.4 is 15.8 Å². The van der Waals surface area contributed by atoms with E-state index in [4.69, 9.17) is 5.73 Å². The van der Waals surface area contributed by atoms with Crippen LogP contribution in [0.2, 0.25) is 0 Å². The van der Waals surface area contributed by atoms with E-state index in [1.165, 1.54) is 30.3 Å². The van der Waals surface area contributed by atoms with E-state index in [1.54, 1.807) is 6.92 Å².